The minimum Gasteiger partial charge on any atom is -0.465 e. The third kappa shape index (κ3) is 2.88. The van der Waals surface area contributed by atoms with E-state index in [0.29, 0.717) is 11.8 Å². The molecule has 15 heavy (non-hydrogen) atoms. The summed E-state index contributed by atoms with van der Waals surface area (Å²) >= 11 is 6.01. The molecule has 0 aliphatic heterocycles. The van der Waals surface area contributed by atoms with Gasteiger partial charge in [0.25, 0.3) is 0 Å². The van der Waals surface area contributed by atoms with Gasteiger partial charge in [0, 0.05) is 5.88 Å². The molecule has 0 spiro atoms. The summed E-state index contributed by atoms with van der Waals surface area (Å²) in [4.78, 5) is 0. The van der Waals surface area contributed by atoms with Crippen LogP contribution in [0.4, 0.5) is 0 Å². The van der Waals surface area contributed by atoms with E-state index in [1.54, 1.807) is 6.26 Å². The van der Waals surface area contributed by atoms with Crippen LogP contribution in [0.2, 0.25) is 0 Å². The average molecular weight is 225 g/mol. The Morgan fingerprint density at radius 2 is 2.20 bits per heavy atom. The van der Waals surface area contributed by atoms with Gasteiger partial charge in [0.05, 0.1) is 6.26 Å². The molecular weight excluding hydrogens is 208 g/mol. The lowest BCUT2D eigenvalue weighted by molar-refractivity contribution is 0.404. The molecule has 1 nitrogen and oxygen atoms in total. The van der Waals surface area contributed by atoms with Crippen molar-refractivity contribution in [2.24, 2.45) is 5.92 Å². The molecule has 1 aromatic rings. The molecule has 0 atom stereocenters. The predicted octanol–water partition coefficient (Wildman–Crippen LogP) is 4.48. The van der Waals surface area contributed by atoms with Crippen LogP contribution in [0.15, 0.2) is 28.4 Å². The van der Waals surface area contributed by atoms with Crippen LogP contribution in [-0.2, 0) is 0 Å². The fourth-order valence-corrected chi connectivity index (χ4v) is 2.59. The van der Waals surface area contributed by atoms with Crippen molar-refractivity contribution in [2.75, 3.05) is 5.88 Å². The normalized spacial score (nSPS) is 19.4. The van der Waals surface area contributed by atoms with Gasteiger partial charge in [-0.2, -0.15) is 0 Å². The highest BCUT2D eigenvalue weighted by molar-refractivity contribution is 6.19. The molecule has 1 aliphatic carbocycles. The first kappa shape index (κ1) is 10.8. The lowest BCUT2D eigenvalue weighted by Gasteiger charge is -2.23. The predicted molar refractivity (Wildman–Crippen MR) is 64.0 cm³/mol. The van der Waals surface area contributed by atoms with Gasteiger partial charge in [-0.3, -0.25) is 0 Å². The second kappa shape index (κ2) is 5.41. The minimum atomic E-state index is 0.630. The number of halogens is 1. The molecule has 0 radical (unpaired) electrons. The van der Waals surface area contributed by atoms with Gasteiger partial charge in [0.1, 0.15) is 5.76 Å². The maximum absolute atomic E-state index is 6.01. The first-order valence-corrected chi connectivity index (χ1v) is 6.23. The molecule has 1 aliphatic rings. The van der Waals surface area contributed by atoms with Gasteiger partial charge < -0.3 is 4.42 Å². The fraction of sp³-hybridized carbons (Fsp3) is 0.538. The van der Waals surface area contributed by atoms with Crippen molar-refractivity contribution < 1.29 is 4.42 Å². The maximum Gasteiger partial charge on any atom is 0.126 e. The van der Waals surface area contributed by atoms with Gasteiger partial charge in [-0.05, 0) is 42.5 Å². The van der Waals surface area contributed by atoms with Crippen molar-refractivity contribution in [2.45, 2.75) is 32.1 Å². The Bertz CT molecular complexity index is 307. The zero-order valence-electron chi connectivity index (χ0n) is 8.92. The Morgan fingerprint density at radius 1 is 1.40 bits per heavy atom. The molecule has 0 bridgehead atoms. The van der Waals surface area contributed by atoms with Gasteiger partial charge in [-0.15, -0.1) is 11.6 Å². The third-order valence-electron chi connectivity index (χ3n) is 3.15. The van der Waals surface area contributed by atoms with Crippen LogP contribution in [0.25, 0.3) is 6.08 Å². The van der Waals surface area contributed by atoms with Crippen LogP contribution in [0, 0.1) is 5.92 Å². The summed E-state index contributed by atoms with van der Waals surface area (Å²) in [6, 6.07) is 3.90. The zero-order chi connectivity index (χ0) is 10.5. The molecule has 0 aromatic carbocycles. The molecule has 1 heterocycles. The molecule has 0 unspecified atom stereocenters. The lowest BCUT2D eigenvalue weighted by atomic mass is 9.84. The number of allylic oxidation sites excluding steroid dienone is 1. The summed E-state index contributed by atoms with van der Waals surface area (Å²) in [6.07, 6.45) is 10.5. The van der Waals surface area contributed by atoms with Gasteiger partial charge in [-0.1, -0.05) is 19.3 Å². The summed E-state index contributed by atoms with van der Waals surface area (Å²) in [5, 5.41) is 0. The highest BCUT2D eigenvalue weighted by atomic mass is 35.5. The second-order valence-electron chi connectivity index (χ2n) is 4.20. The van der Waals surface area contributed by atoms with Crippen molar-refractivity contribution in [3.05, 3.63) is 29.7 Å². The van der Waals surface area contributed by atoms with E-state index < -0.39 is 0 Å². The molecule has 0 N–H and O–H groups in total. The highest BCUT2D eigenvalue weighted by Crippen LogP contribution is 2.31. The first-order valence-electron chi connectivity index (χ1n) is 5.70. The molecule has 82 valence electrons. The van der Waals surface area contributed by atoms with Crippen LogP contribution in [0.5, 0.6) is 0 Å². The molecular formula is C13H17ClO. The van der Waals surface area contributed by atoms with Crippen LogP contribution >= 0.6 is 11.6 Å². The topological polar surface area (TPSA) is 13.1 Å². The van der Waals surface area contributed by atoms with Crippen molar-refractivity contribution in [1.82, 2.24) is 0 Å². The second-order valence-corrected chi connectivity index (χ2v) is 4.47. The van der Waals surface area contributed by atoms with Crippen molar-refractivity contribution in [1.29, 1.82) is 0 Å². The molecule has 1 saturated carbocycles. The number of furan rings is 1. The van der Waals surface area contributed by atoms with E-state index in [4.69, 9.17) is 16.0 Å². The SMILES string of the molecule is ClCC(=Cc1ccco1)C1CCCCC1. The number of alkyl halides is 1. The van der Waals surface area contributed by atoms with Crippen LogP contribution < -0.4 is 0 Å². The monoisotopic (exact) mass is 224 g/mol. The minimum absolute atomic E-state index is 0.630. The first-order chi connectivity index (χ1) is 7.40. The van der Waals surface area contributed by atoms with Crippen molar-refractivity contribution in [3.8, 4) is 0 Å². The molecule has 1 aromatic heterocycles. The number of rotatable bonds is 3. The smallest absolute Gasteiger partial charge is 0.126 e. The highest BCUT2D eigenvalue weighted by Gasteiger charge is 2.17. The standard InChI is InChI=1S/C13H17ClO/c14-10-12(9-13-7-4-8-15-13)11-5-2-1-3-6-11/h4,7-9,11H,1-3,5-6,10H2. The van der Waals surface area contributed by atoms with Crippen LogP contribution in [0.3, 0.4) is 0 Å². The lowest BCUT2D eigenvalue weighted by Crippen LogP contribution is -2.10. The molecule has 0 saturated heterocycles. The van der Waals surface area contributed by atoms with E-state index in [-0.39, 0.29) is 0 Å². The number of hydrogen-bond acceptors (Lipinski definition) is 1. The van der Waals surface area contributed by atoms with E-state index in [1.165, 1.54) is 37.7 Å². The van der Waals surface area contributed by atoms with Crippen molar-refractivity contribution >= 4 is 17.7 Å². The van der Waals surface area contributed by atoms with Gasteiger partial charge in [0.2, 0.25) is 0 Å². The molecule has 0 amide bonds. The van der Waals surface area contributed by atoms with Crippen LogP contribution in [-0.4, -0.2) is 5.88 Å². The Balaban J connectivity index is 2.08. The Hall–Kier alpha value is -0.690. The van der Waals surface area contributed by atoms with Gasteiger partial charge in [-0.25, -0.2) is 0 Å². The Morgan fingerprint density at radius 3 is 2.80 bits per heavy atom. The molecule has 2 rings (SSSR count). The molecule has 2 heteroatoms. The summed E-state index contributed by atoms with van der Waals surface area (Å²) in [7, 11) is 0. The average Bonchev–Trinajstić information content (AvgIpc) is 2.80. The van der Waals surface area contributed by atoms with E-state index in [2.05, 4.69) is 6.08 Å². The Labute approximate surface area is 96.1 Å². The van der Waals surface area contributed by atoms with E-state index >= 15 is 0 Å². The van der Waals surface area contributed by atoms with Gasteiger partial charge >= 0.3 is 0 Å². The van der Waals surface area contributed by atoms with E-state index in [0.717, 1.165) is 5.76 Å². The van der Waals surface area contributed by atoms with Gasteiger partial charge in [0.15, 0.2) is 0 Å². The summed E-state index contributed by atoms with van der Waals surface area (Å²) in [6.45, 7) is 0. The Kier molecular flexibility index (Phi) is 3.90. The van der Waals surface area contributed by atoms with Crippen molar-refractivity contribution in [3.63, 3.8) is 0 Å². The largest absolute Gasteiger partial charge is 0.465 e. The maximum atomic E-state index is 6.01. The summed E-state index contributed by atoms with van der Waals surface area (Å²) in [5.74, 6) is 2.24. The van der Waals surface area contributed by atoms with E-state index in [9.17, 15) is 0 Å². The van der Waals surface area contributed by atoms with Crippen LogP contribution in [0.1, 0.15) is 37.9 Å². The van der Waals surface area contributed by atoms with E-state index in [1.807, 2.05) is 12.1 Å². The summed E-state index contributed by atoms with van der Waals surface area (Å²) < 4.78 is 5.32. The number of hydrogen-bond donors (Lipinski definition) is 0. The third-order valence-corrected chi connectivity index (χ3v) is 3.46. The summed E-state index contributed by atoms with van der Waals surface area (Å²) in [5.41, 5.74) is 1.34. The fourth-order valence-electron chi connectivity index (χ4n) is 2.30. The zero-order valence-corrected chi connectivity index (χ0v) is 9.67. The molecule has 1 fully saturated rings. The quantitative estimate of drug-likeness (QED) is 0.690.